The summed E-state index contributed by atoms with van der Waals surface area (Å²) in [7, 11) is 0. The lowest BCUT2D eigenvalue weighted by molar-refractivity contribution is -0.140. The zero-order valence-electron chi connectivity index (χ0n) is 10.1. The summed E-state index contributed by atoms with van der Waals surface area (Å²) in [5, 5.41) is 0. The molecule has 2 aromatic rings. The number of ether oxygens (including phenoxy) is 1. The Bertz CT molecular complexity index is 508. The monoisotopic (exact) mass is 270 g/mol. The number of aromatic amines is 1. The van der Waals surface area contributed by atoms with Gasteiger partial charge in [-0.15, -0.1) is 0 Å². The topological polar surface area (TPSA) is 37.9 Å². The van der Waals surface area contributed by atoms with Crippen LogP contribution < -0.4 is 0 Å². The fourth-order valence-corrected chi connectivity index (χ4v) is 1.57. The number of nitrogens with zero attached hydrogens (tertiary/aromatic N) is 1. The lowest BCUT2D eigenvalue weighted by Crippen LogP contribution is -2.06. The highest BCUT2D eigenvalue weighted by Gasteiger charge is 2.32. The second-order valence-electron chi connectivity index (χ2n) is 4.03. The Kier molecular flexibility index (Phi) is 4.21. The molecule has 0 saturated carbocycles. The van der Waals surface area contributed by atoms with Crippen molar-refractivity contribution in [2.75, 3.05) is 6.61 Å². The summed E-state index contributed by atoms with van der Waals surface area (Å²) in [6.07, 6.45) is -3.26. The maximum Gasteiger partial charge on any atom is 0.432 e. The first-order valence-corrected chi connectivity index (χ1v) is 5.78. The van der Waals surface area contributed by atoms with Gasteiger partial charge in [0.1, 0.15) is 11.5 Å². The molecule has 0 unspecified atom stereocenters. The van der Waals surface area contributed by atoms with Crippen LogP contribution in [0, 0.1) is 0 Å². The van der Waals surface area contributed by atoms with Gasteiger partial charge in [-0.05, 0) is 5.56 Å². The van der Waals surface area contributed by atoms with E-state index in [2.05, 4.69) is 9.97 Å². The van der Waals surface area contributed by atoms with Crippen LogP contribution in [0.15, 0.2) is 36.5 Å². The lowest BCUT2D eigenvalue weighted by atomic mass is 10.2. The summed E-state index contributed by atoms with van der Waals surface area (Å²) < 4.78 is 42.3. The molecule has 3 nitrogen and oxygen atoms in total. The molecule has 0 spiro atoms. The molecule has 19 heavy (non-hydrogen) atoms. The van der Waals surface area contributed by atoms with Crippen molar-refractivity contribution >= 4 is 0 Å². The SMILES string of the molecule is FC(F)(F)c1cnc(CCOCc2ccccc2)[nH]1. The fourth-order valence-electron chi connectivity index (χ4n) is 1.57. The first kappa shape index (κ1) is 13.6. The van der Waals surface area contributed by atoms with Crippen LogP contribution in [-0.2, 0) is 23.9 Å². The van der Waals surface area contributed by atoms with Gasteiger partial charge < -0.3 is 9.72 Å². The van der Waals surface area contributed by atoms with Crippen molar-refractivity contribution in [1.82, 2.24) is 9.97 Å². The summed E-state index contributed by atoms with van der Waals surface area (Å²) in [5.41, 5.74) is 0.198. The summed E-state index contributed by atoms with van der Waals surface area (Å²) in [4.78, 5) is 5.91. The Balaban J connectivity index is 1.76. The minimum Gasteiger partial charge on any atom is -0.376 e. The van der Waals surface area contributed by atoms with Gasteiger partial charge in [-0.3, -0.25) is 0 Å². The molecule has 0 amide bonds. The van der Waals surface area contributed by atoms with Crippen LogP contribution >= 0.6 is 0 Å². The predicted molar refractivity (Wildman–Crippen MR) is 63.4 cm³/mol. The molecule has 0 aliphatic carbocycles. The van der Waals surface area contributed by atoms with E-state index in [-0.39, 0.29) is 5.82 Å². The number of imidazole rings is 1. The number of benzene rings is 1. The molecular formula is C13H13F3N2O. The predicted octanol–water partition coefficient (Wildman–Crippen LogP) is 3.19. The lowest BCUT2D eigenvalue weighted by Gasteiger charge is -2.03. The molecule has 1 N–H and O–H groups in total. The van der Waals surface area contributed by atoms with Crippen molar-refractivity contribution in [3.05, 3.63) is 53.6 Å². The molecule has 0 aliphatic heterocycles. The van der Waals surface area contributed by atoms with Crippen LogP contribution in [0.3, 0.4) is 0 Å². The zero-order valence-corrected chi connectivity index (χ0v) is 10.1. The van der Waals surface area contributed by atoms with Crippen LogP contribution in [0.4, 0.5) is 13.2 Å². The number of halogens is 3. The van der Waals surface area contributed by atoms with Crippen LogP contribution in [0.5, 0.6) is 0 Å². The van der Waals surface area contributed by atoms with Gasteiger partial charge in [-0.2, -0.15) is 13.2 Å². The van der Waals surface area contributed by atoms with Crippen LogP contribution in [0.2, 0.25) is 0 Å². The molecular weight excluding hydrogens is 257 g/mol. The van der Waals surface area contributed by atoms with Gasteiger partial charge in [-0.25, -0.2) is 4.98 Å². The van der Waals surface area contributed by atoms with E-state index >= 15 is 0 Å². The van der Waals surface area contributed by atoms with E-state index in [4.69, 9.17) is 4.74 Å². The van der Waals surface area contributed by atoms with Gasteiger partial charge >= 0.3 is 6.18 Å². The highest BCUT2D eigenvalue weighted by Crippen LogP contribution is 2.27. The molecule has 0 fully saturated rings. The normalized spacial score (nSPS) is 11.7. The molecule has 0 saturated heterocycles. The van der Waals surface area contributed by atoms with E-state index < -0.39 is 11.9 Å². The van der Waals surface area contributed by atoms with Crippen molar-refractivity contribution in [1.29, 1.82) is 0 Å². The number of nitrogens with one attached hydrogen (secondary N) is 1. The Hall–Kier alpha value is -1.82. The molecule has 0 radical (unpaired) electrons. The first-order valence-electron chi connectivity index (χ1n) is 5.78. The maximum atomic E-state index is 12.3. The molecule has 1 aromatic carbocycles. The number of H-pyrrole nitrogens is 1. The number of rotatable bonds is 5. The second kappa shape index (κ2) is 5.88. The molecule has 1 heterocycles. The fraction of sp³-hybridized carbons (Fsp3) is 0.308. The quantitative estimate of drug-likeness (QED) is 0.847. The van der Waals surface area contributed by atoms with Crippen LogP contribution in [0.1, 0.15) is 17.1 Å². The molecule has 6 heteroatoms. The maximum absolute atomic E-state index is 12.3. The Morgan fingerprint density at radius 1 is 1.16 bits per heavy atom. The molecule has 1 aromatic heterocycles. The Morgan fingerprint density at radius 2 is 1.89 bits per heavy atom. The zero-order chi connectivity index (χ0) is 13.7. The number of aromatic nitrogens is 2. The summed E-state index contributed by atoms with van der Waals surface area (Å²) in [6.45, 7) is 0.757. The van der Waals surface area contributed by atoms with Gasteiger partial charge in [0.15, 0.2) is 0 Å². The molecule has 0 atom stereocenters. The van der Waals surface area contributed by atoms with Crippen molar-refractivity contribution < 1.29 is 17.9 Å². The van der Waals surface area contributed by atoms with Gasteiger partial charge in [0.25, 0.3) is 0 Å². The third-order valence-electron chi connectivity index (χ3n) is 2.53. The van der Waals surface area contributed by atoms with Crippen molar-refractivity contribution in [3.63, 3.8) is 0 Å². The van der Waals surface area contributed by atoms with Gasteiger partial charge in [0, 0.05) is 6.42 Å². The van der Waals surface area contributed by atoms with E-state index in [1.54, 1.807) is 0 Å². The molecule has 2 rings (SSSR count). The Morgan fingerprint density at radius 3 is 2.53 bits per heavy atom. The minimum atomic E-state index is -4.38. The number of alkyl halides is 3. The van der Waals surface area contributed by atoms with Crippen molar-refractivity contribution in [3.8, 4) is 0 Å². The third-order valence-corrected chi connectivity index (χ3v) is 2.53. The number of hydrogen-bond acceptors (Lipinski definition) is 2. The molecule has 0 bridgehead atoms. The number of hydrogen-bond donors (Lipinski definition) is 1. The van der Waals surface area contributed by atoms with E-state index in [1.165, 1.54) is 0 Å². The highest BCUT2D eigenvalue weighted by atomic mass is 19.4. The average Bonchev–Trinajstić information content (AvgIpc) is 2.85. The Labute approximate surface area is 108 Å². The molecule has 102 valence electrons. The molecule has 0 aliphatic rings. The van der Waals surface area contributed by atoms with E-state index in [0.717, 1.165) is 11.8 Å². The second-order valence-corrected chi connectivity index (χ2v) is 4.03. The largest absolute Gasteiger partial charge is 0.432 e. The van der Waals surface area contributed by atoms with Gasteiger partial charge in [-0.1, -0.05) is 30.3 Å². The summed E-state index contributed by atoms with van der Waals surface area (Å²) in [6, 6.07) is 9.57. The average molecular weight is 270 g/mol. The minimum absolute atomic E-state index is 0.278. The first-order chi connectivity index (χ1) is 9.05. The van der Waals surface area contributed by atoms with E-state index in [9.17, 15) is 13.2 Å². The van der Waals surface area contributed by atoms with Gasteiger partial charge in [0.05, 0.1) is 19.4 Å². The summed E-state index contributed by atoms with van der Waals surface area (Å²) >= 11 is 0. The van der Waals surface area contributed by atoms with Crippen molar-refractivity contribution in [2.24, 2.45) is 0 Å². The van der Waals surface area contributed by atoms with E-state index in [1.807, 2.05) is 30.3 Å². The highest BCUT2D eigenvalue weighted by molar-refractivity contribution is 5.13. The third kappa shape index (κ3) is 4.10. The van der Waals surface area contributed by atoms with Crippen LogP contribution in [-0.4, -0.2) is 16.6 Å². The van der Waals surface area contributed by atoms with E-state index in [0.29, 0.717) is 19.6 Å². The summed E-state index contributed by atoms with van der Waals surface area (Å²) in [5.74, 6) is 0.278. The van der Waals surface area contributed by atoms with Gasteiger partial charge in [0.2, 0.25) is 0 Å². The van der Waals surface area contributed by atoms with Crippen LogP contribution in [0.25, 0.3) is 0 Å². The standard InChI is InChI=1S/C13H13F3N2O/c14-13(15,16)11-8-17-12(18-11)6-7-19-9-10-4-2-1-3-5-10/h1-5,8H,6-7,9H2,(H,17,18). The smallest absolute Gasteiger partial charge is 0.376 e. The van der Waals surface area contributed by atoms with Crippen molar-refractivity contribution in [2.45, 2.75) is 19.2 Å².